The fraction of sp³-hybridized carbons (Fsp3) is 0.214. The number of aliphatic hydroxyl groups excluding tert-OH is 1. The number of hydrogen-bond donors (Lipinski definition) is 3. The molecule has 20 heavy (non-hydrogen) atoms. The lowest BCUT2D eigenvalue weighted by atomic mass is 10.1. The number of rotatable bonds is 6. The first-order valence-electron chi connectivity index (χ1n) is 6.32. The van der Waals surface area contributed by atoms with E-state index >= 15 is 0 Å². The predicted molar refractivity (Wildman–Crippen MR) is 79.8 cm³/mol. The average molecular weight is 292 g/mol. The second-order valence-corrected chi connectivity index (χ2v) is 4.65. The average Bonchev–Trinajstić information content (AvgIpc) is 2.46. The van der Waals surface area contributed by atoms with Crippen molar-refractivity contribution in [2.24, 2.45) is 0 Å². The summed E-state index contributed by atoms with van der Waals surface area (Å²) in [4.78, 5) is 8.54. The number of allylic oxidation sites excluding steroid dienone is 1. The molecule has 0 bridgehead atoms. The summed E-state index contributed by atoms with van der Waals surface area (Å²) in [7, 11) is 0. The zero-order valence-corrected chi connectivity index (χ0v) is 11.6. The molecule has 0 aromatic carbocycles. The van der Waals surface area contributed by atoms with Gasteiger partial charge in [0.05, 0.1) is 23.2 Å². The summed E-state index contributed by atoms with van der Waals surface area (Å²) < 4.78 is 0. The van der Waals surface area contributed by atoms with Crippen LogP contribution in [0.3, 0.4) is 0 Å². The van der Waals surface area contributed by atoms with Crippen molar-refractivity contribution in [1.82, 2.24) is 9.97 Å². The summed E-state index contributed by atoms with van der Waals surface area (Å²) in [5, 5.41) is 18.6. The molecule has 0 saturated heterocycles. The van der Waals surface area contributed by atoms with E-state index in [4.69, 9.17) is 22.1 Å². The molecule has 104 valence electrons. The van der Waals surface area contributed by atoms with Crippen LogP contribution in [0.25, 0.3) is 16.6 Å². The van der Waals surface area contributed by atoms with Crippen molar-refractivity contribution in [2.75, 3.05) is 13.2 Å². The molecule has 0 aliphatic rings. The lowest BCUT2D eigenvalue weighted by Crippen LogP contribution is -2.78. The number of fused-ring (bicyclic) bond motifs is 1. The molecule has 0 aliphatic heterocycles. The van der Waals surface area contributed by atoms with Crippen molar-refractivity contribution in [3.05, 3.63) is 41.3 Å². The Bertz CT molecular complexity index is 642. The maximum Gasteiger partial charge on any atom is 0.129 e. The van der Waals surface area contributed by atoms with Gasteiger partial charge >= 0.3 is 0 Å². The second kappa shape index (κ2) is 7.09. The Hall–Kier alpha value is -1.82. The van der Waals surface area contributed by atoms with Crippen LogP contribution in [-0.4, -0.2) is 34.4 Å². The predicted octanol–water partition coefficient (Wildman–Crippen LogP) is 1.22. The third-order valence-corrected chi connectivity index (χ3v) is 3.03. The Morgan fingerprint density at radius 2 is 2.25 bits per heavy atom. The van der Waals surface area contributed by atoms with Crippen LogP contribution >= 0.6 is 11.6 Å². The van der Waals surface area contributed by atoms with E-state index in [1.165, 1.54) is 6.21 Å². The van der Waals surface area contributed by atoms with Gasteiger partial charge in [0.25, 0.3) is 0 Å². The van der Waals surface area contributed by atoms with Gasteiger partial charge in [-0.25, -0.2) is 4.98 Å². The molecule has 0 amide bonds. The summed E-state index contributed by atoms with van der Waals surface area (Å²) in [6.45, 7) is 0.948. The standard InChI is InChI=1S/C14H15ClN4O/c15-14-3-2-12-13(19-14)6-10(9-18-12)11(7-16)8-17-4-1-5-20/h2-3,6-9,16-17,20H,1,4-5H2/p+1/b11-8+,16-7?. The molecular formula is C14H16ClN4O+. The summed E-state index contributed by atoms with van der Waals surface area (Å²) >= 11 is 5.87. The van der Waals surface area contributed by atoms with Gasteiger partial charge in [-0.2, -0.15) is 0 Å². The van der Waals surface area contributed by atoms with Crippen molar-refractivity contribution < 1.29 is 10.4 Å². The highest BCUT2D eigenvalue weighted by Gasteiger charge is 2.05. The fourth-order valence-electron chi connectivity index (χ4n) is 1.79. The van der Waals surface area contributed by atoms with E-state index in [1.807, 2.05) is 23.6 Å². The molecule has 6 heteroatoms. The molecule has 0 aliphatic carbocycles. The van der Waals surface area contributed by atoms with Gasteiger partial charge in [-0.3, -0.25) is 4.98 Å². The maximum atomic E-state index is 8.73. The molecule has 0 fully saturated rings. The molecule has 0 radical (unpaired) electrons. The highest BCUT2D eigenvalue weighted by Crippen LogP contribution is 2.18. The van der Waals surface area contributed by atoms with Gasteiger partial charge in [0.15, 0.2) is 0 Å². The van der Waals surface area contributed by atoms with Crippen molar-refractivity contribution in [3.63, 3.8) is 0 Å². The topological polar surface area (TPSA) is 86.5 Å². The zero-order valence-electron chi connectivity index (χ0n) is 10.9. The summed E-state index contributed by atoms with van der Waals surface area (Å²) in [5.41, 5.74) is 3.05. The van der Waals surface area contributed by atoms with Gasteiger partial charge in [-0.1, -0.05) is 11.6 Å². The van der Waals surface area contributed by atoms with Gasteiger partial charge in [-0.15, -0.1) is 0 Å². The summed E-state index contributed by atoms with van der Waals surface area (Å²) in [5.74, 6) is 0. The minimum atomic E-state index is 0.171. The molecule has 4 N–H and O–H groups in total. The van der Waals surface area contributed by atoms with Crippen LogP contribution in [0.15, 0.2) is 30.6 Å². The quantitative estimate of drug-likeness (QED) is 0.425. The van der Waals surface area contributed by atoms with Crippen LogP contribution in [-0.2, 0) is 0 Å². The van der Waals surface area contributed by atoms with E-state index in [1.54, 1.807) is 12.3 Å². The molecule has 2 rings (SSSR count). The van der Waals surface area contributed by atoms with Crippen LogP contribution in [0.1, 0.15) is 12.0 Å². The van der Waals surface area contributed by atoms with Gasteiger partial charge in [-0.05, 0) is 18.2 Å². The van der Waals surface area contributed by atoms with E-state index < -0.39 is 0 Å². The van der Waals surface area contributed by atoms with E-state index in [2.05, 4.69) is 9.97 Å². The number of quaternary nitrogens is 1. The minimum absolute atomic E-state index is 0.171. The number of aliphatic hydroxyl groups is 1. The van der Waals surface area contributed by atoms with Crippen LogP contribution in [0.5, 0.6) is 0 Å². The maximum absolute atomic E-state index is 8.73. The Labute approximate surface area is 121 Å². The number of nitrogens with one attached hydrogen (secondary N) is 1. The van der Waals surface area contributed by atoms with E-state index in [9.17, 15) is 0 Å². The molecule has 0 unspecified atom stereocenters. The van der Waals surface area contributed by atoms with Crippen molar-refractivity contribution in [2.45, 2.75) is 6.42 Å². The first-order chi connectivity index (χ1) is 9.74. The number of pyridine rings is 2. The van der Waals surface area contributed by atoms with Gasteiger partial charge in [0, 0.05) is 31.0 Å². The summed E-state index contributed by atoms with van der Waals surface area (Å²) in [6.07, 6.45) is 5.57. The van der Waals surface area contributed by atoms with Crippen LogP contribution in [0.2, 0.25) is 5.15 Å². The molecule has 2 heterocycles. The number of nitrogens with two attached hydrogens (primary N) is 1. The Balaban J connectivity index is 2.27. The van der Waals surface area contributed by atoms with Gasteiger partial charge in [0.1, 0.15) is 11.4 Å². The van der Waals surface area contributed by atoms with E-state index in [-0.39, 0.29) is 6.61 Å². The number of nitrogens with zero attached hydrogens (tertiary/aromatic N) is 2. The van der Waals surface area contributed by atoms with Crippen LogP contribution in [0.4, 0.5) is 0 Å². The molecule has 2 aromatic rings. The second-order valence-electron chi connectivity index (χ2n) is 4.26. The fourth-order valence-corrected chi connectivity index (χ4v) is 1.94. The largest absolute Gasteiger partial charge is 0.396 e. The molecule has 5 nitrogen and oxygen atoms in total. The molecule has 0 spiro atoms. The molecular weight excluding hydrogens is 276 g/mol. The third-order valence-electron chi connectivity index (χ3n) is 2.82. The highest BCUT2D eigenvalue weighted by atomic mass is 35.5. The normalized spacial score (nSPS) is 11.8. The Kier molecular flexibility index (Phi) is 5.17. The van der Waals surface area contributed by atoms with Crippen LogP contribution < -0.4 is 5.32 Å². The smallest absolute Gasteiger partial charge is 0.129 e. The Morgan fingerprint density at radius 1 is 1.40 bits per heavy atom. The first kappa shape index (κ1) is 14.6. The number of aromatic nitrogens is 2. The monoisotopic (exact) mass is 291 g/mol. The first-order valence-corrected chi connectivity index (χ1v) is 6.70. The lowest BCUT2D eigenvalue weighted by Gasteiger charge is -2.03. The molecule has 0 saturated carbocycles. The lowest BCUT2D eigenvalue weighted by molar-refractivity contribution is -0.587. The highest BCUT2D eigenvalue weighted by molar-refractivity contribution is 6.29. The van der Waals surface area contributed by atoms with Crippen molar-refractivity contribution >= 4 is 34.4 Å². The summed E-state index contributed by atoms with van der Waals surface area (Å²) in [6, 6.07) is 5.38. The van der Waals surface area contributed by atoms with E-state index in [0.29, 0.717) is 10.7 Å². The number of hydrogen-bond acceptors (Lipinski definition) is 4. The minimum Gasteiger partial charge on any atom is -0.396 e. The molecule has 0 atom stereocenters. The zero-order chi connectivity index (χ0) is 14.4. The van der Waals surface area contributed by atoms with Gasteiger partial charge < -0.3 is 15.8 Å². The van der Waals surface area contributed by atoms with Crippen molar-refractivity contribution in [3.8, 4) is 0 Å². The van der Waals surface area contributed by atoms with Crippen LogP contribution in [0, 0.1) is 5.41 Å². The Morgan fingerprint density at radius 3 is 3.00 bits per heavy atom. The number of halogens is 1. The van der Waals surface area contributed by atoms with Gasteiger partial charge in [0.2, 0.25) is 0 Å². The van der Waals surface area contributed by atoms with E-state index in [0.717, 1.165) is 29.6 Å². The van der Waals surface area contributed by atoms with Crippen molar-refractivity contribution in [1.29, 1.82) is 5.41 Å². The third kappa shape index (κ3) is 3.60. The SMILES string of the molecule is N=C/C(=C\[NH2+]CCCO)c1cnc2ccc(Cl)nc2c1. The molecule has 2 aromatic heterocycles.